The maximum atomic E-state index is 12.7. The molecule has 1 atom stereocenters. The number of anilines is 2. The fraction of sp³-hybridized carbons (Fsp3) is 0.348. The molecule has 1 aromatic heterocycles. The molecule has 0 spiro atoms. The normalized spacial score (nSPS) is 17.5. The van der Waals surface area contributed by atoms with Crippen molar-refractivity contribution in [1.29, 1.82) is 0 Å². The quantitative estimate of drug-likeness (QED) is 0.334. The van der Waals surface area contributed by atoms with Gasteiger partial charge in [0.05, 0.1) is 11.4 Å². The van der Waals surface area contributed by atoms with Crippen molar-refractivity contribution in [2.75, 3.05) is 29.9 Å². The van der Waals surface area contributed by atoms with Crippen LogP contribution in [0.25, 0.3) is 6.08 Å². The maximum Gasteiger partial charge on any atom is 0.245 e. The summed E-state index contributed by atoms with van der Waals surface area (Å²) in [4.78, 5) is 20.5. The smallest absolute Gasteiger partial charge is 0.245 e. The Morgan fingerprint density at radius 1 is 1.18 bits per heavy atom. The van der Waals surface area contributed by atoms with Crippen LogP contribution in [0.15, 0.2) is 48.8 Å². The van der Waals surface area contributed by atoms with E-state index in [2.05, 4.69) is 26.6 Å². The number of benzene rings is 1. The highest BCUT2D eigenvalue weighted by Gasteiger charge is 2.42. The molecule has 1 unspecified atom stereocenters. The molecule has 0 radical (unpaired) electrons. The molecule has 3 heterocycles. The summed E-state index contributed by atoms with van der Waals surface area (Å²) in [6, 6.07) is 9.81. The molecular formula is C23H24Cl3N5OS. The Balaban J connectivity index is 1.55. The molecular weight excluding hydrogens is 501 g/mol. The van der Waals surface area contributed by atoms with Gasteiger partial charge < -0.3 is 20.4 Å². The molecule has 2 N–H and O–H groups in total. The summed E-state index contributed by atoms with van der Waals surface area (Å²) in [6.07, 6.45) is 8.37. The molecule has 0 aliphatic carbocycles. The van der Waals surface area contributed by atoms with E-state index in [9.17, 15) is 4.79 Å². The third-order valence-corrected chi connectivity index (χ3v) is 6.71. The minimum absolute atomic E-state index is 0.387. The first kappa shape index (κ1) is 24.1. The van der Waals surface area contributed by atoms with Crippen LogP contribution in [0.3, 0.4) is 0 Å². The van der Waals surface area contributed by atoms with E-state index in [1.54, 1.807) is 35.5 Å². The highest BCUT2D eigenvalue weighted by Crippen LogP contribution is 2.37. The van der Waals surface area contributed by atoms with Gasteiger partial charge in [0.25, 0.3) is 0 Å². The molecule has 2 aliphatic rings. The first-order chi connectivity index (χ1) is 15.8. The number of carbonyl (C=O) groups excluding carboxylic acids is 1. The van der Waals surface area contributed by atoms with E-state index in [1.807, 2.05) is 12.1 Å². The van der Waals surface area contributed by atoms with Gasteiger partial charge in [-0.25, -0.2) is 0 Å². The zero-order chi connectivity index (χ0) is 23.4. The Hall–Kier alpha value is -2.06. The first-order valence-corrected chi connectivity index (χ1v) is 12.3. The van der Waals surface area contributed by atoms with Crippen molar-refractivity contribution < 1.29 is 4.79 Å². The molecule has 1 aromatic carbocycles. The summed E-state index contributed by atoms with van der Waals surface area (Å²) in [6.45, 7) is 2.23. The van der Waals surface area contributed by atoms with E-state index in [0.717, 1.165) is 49.3 Å². The number of hydrogen-bond acceptors (Lipinski definition) is 4. The zero-order valence-electron chi connectivity index (χ0n) is 17.8. The number of aryl methyl sites for hydroxylation is 1. The van der Waals surface area contributed by atoms with Crippen molar-refractivity contribution in [3.63, 3.8) is 0 Å². The lowest BCUT2D eigenvalue weighted by Gasteiger charge is -2.45. The van der Waals surface area contributed by atoms with Crippen LogP contribution in [-0.4, -0.2) is 50.5 Å². The number of hydrogen-bond donors (Lipinski definition) is 2. The zero-order valence-corrected chi connectivity index (χ0v) is 20.9. The maximum absolute atomic E-state index is 12.7. The predicted octanol–water partition coefficient (Wildman–Crippen LogP) is 4.76. The number of alkyl halides is 3. The third-order valence-electron chi connectivity index (χ3n) is 5.64. The molecule has 33 heavy (non-hydrogen) atoms. The molecule has 2 aromatic rings. The standard InChI is InChI=1S/C23H24Cl3N5OS/c24-23(25,26)21(29-19(32)8-7-16-9-12-27-13-10-16)31-15-3-14-30(22(31)33)18-6-1-4-17-5-2-11-28-20(17)18/h1,4,6-10,12-13,21,28H,2-3,5,11,14-15H2,(H,29,32)/b8-7+. The van der Waals surface area contributed by atoms with Crippen molar-refractivity contribution in [3.05, 3.63) is 59.9 Å². The topological polar surface area (TPSA) is 60.5 Å². The van der Waals surface area contributed by atoms with Gasteiger partial charge in [0.2, 0.25) is 9.70 Å². The number of aromatic nitrogens is 1. The van der Waals surface area contributed by atoms with Crippen LogP contribution in [0, 0.1) is 0 Å². The largest absolute Gasteiger partial charge is 0.383 e. The van der Waals surface area contributed by atoms with Gasteiger partial charge in [-0.05, 0) is 66.9 Å². The second-order valence-electron chi connectivity index (χ2n) is 7.89. The van der Waals surface area contributed by atoms with Crippen LogP contribution in [0.5, 0.6) is 0 Å². The van der Waals surface area contributed by atoms with Gasteiger partial charge in [-0.1, -0.05) is 46.9 Å². The number of fused-ring (bicyclic) bond motifs is 1. The molecule has 10 heteroatoms. The van der Waals surface area contributed by atoms with Gasteiger partial charge in [0, 0.05) is 38.1 Å². The van der Waals surface area contributed by atoms with E-state index in [-0.39, 0.29) is 5.91 Å². The van der Waals surface area contributed by atoms with E-state index >= 15 is 0 Å². The van der Waals surface area contributed by atoms with Crippen molar-refractivity contribution in [3.8, 4) is 0 Å². The predicted molar refractivity (Wildman–Crippen MR) is 140 cm³/mol. The SMILES string of the molecule is O=C(/C=C/c1ccncc1)NC(N1CCCN(c2cccc3c2NCCC3)C1=S)C(Cl)(Cl)Cl. The highest BCUT2D eigenvalue weighted by atomic mass is 35.6. The number of thiocarbonyl (C=S) groups is 1. The van der Waals surface area contributed by atoms with Gasteiger partial charge in [-0.15, -0.1) is 0 Å². The van der Waals surface area contributed by atoms with Crippen molar-refractivity contribution in [1.82, 2.24) is 15.2 Å². The number of halogens is 3. The number of rotatable bonds is 5. The Morgan fingerprint density at radius 3 is 2.73 bits per heavy atom. The fourth-order valence-corrected chi connectivity index (χ4v) is 4.99. The Morgan fingerprint density at radius 2 is 1.97 bits per heavy atom. The van der Waals surface area contributed by atoms with Gasteiger partial charge in [-0.2, -0.15) is 0 Å². The summed E-state index contributed by atoms with van der Waals surface area (Å²) < 4.78 is -1.79. The van der Waals surface area contributed by atoms with Crippen molar-refractivity contribution >= 4 is 75.5 Å². The second kappa shape index (κ2) is 10.5. The van der Waals surface area contributed by atoms with Gasteiger partial charge >= 0.3 is 0 Å². The Labute approximate surface area is 213 Å². The van der Waals surface area contributed by atoms with Crippen LogP contribution in [0.1, 0.15) is 24.0 Å². The van der Waals surface area contributed by atoms with E-state index in [1.165, 1.54) is 11.6 Å². The number of pyridine rings is 1. The Bertz CT molecular complexity index is 1040. The molecule has 1 fully saturated rings. The molecule has 174 valence electrons. The number of nitrogens with one attached hydrogen (secondary N) is 2. The molecule has 0 bridgehead atoms. The minimum atomic E-state index is -1.79. The van der Waals surface area contributed by atoms with Crippen LogP contribution in [-0.2, 0) is 11.2 Å². The average molecular weight is 525 g/mol. The van der Waals surface area contributed by atoms with Gasteiger partial charge in [0.1, 0.15) is 0 Å². The van der Waals surface area contributed by atoms with Crippen LogP contribution >= 0.6 is 47.0 Å². The van der Waals surface area contributed by atoms with E-state index in [0.29, 0.717) is 11.7 Å². The molecule has 1 amide bonds. The third kappa shape index (κ3) is 5.72. The van der Waals surface area contributed by atoms with Crippen LogP contribution < -0.4 is 15.5 Å². The fourth-order valence-electron chi connectivity index (χ4n) is 4.09. The van der Waals surface area contributed by atoms with E-state index in [4.69, 9.17) is 47.0 Å². The minimum Gasteiger partial charge on any atom is -0.383 e. The lowest BCUT2D eigenvalue weighted by molar-refractivity contribution is -0.117. The molecule has 4 rings (SSSR count). The second-order valence-corrected chi connectivity index (χ2v) is 10.6. The lowest BCUT2D eigenvalue weighted by atomic mass is 10.0. The Kier molecular flexibility index (Phi) is 7.64. The highest BCUT2D eigenvalue weighted by molar-refractivity contribution is 7.80. The summed E-state index contributed by atoms with van der Waals surface area (Å²) >= 11 is 24.8. The average Bonchev–Trinajstić information content (AvgIpc) is 2.81. The molecule has 0 saturated carbocycles. The van der Waals surface area contributed by atoms with Crippen molar-refractivity contribution in [2.45, 2.75) is 29.2 Å². The van der Waals surface area contributed by atoms with E-state index < -0.39 is 9.96 Å². The molecule has 2 aliphatic heterocycles. The summed E-state index contributed by atoms with van der Waals surface area (Å²) in [5, 5.41) is 6.84. The number of nitrogens with zero attached hydrogens (tertiary/aromatic N) is 3. The van der Waals surface area contributed by atoms with Gasteiger partial charge in [0.15, 0.2) is 11.3 Å². The summed E-state index contributed by atoms with van der Waals surface area (Å²) in [5.74, 6) is -0.387. The summed E-state index contributed by atoms with van der Waals surface area (Å²) in [7, 11) is 0. The van der Waals surface area contributed by atoms with Crippen LogP contribution in [0.4, 0.5) is 11.4 Å². The first-order valence-electron chi connectivity index (χ1n) is 10.7. The van der Waals surface area contributed by atoms with Crippen molar-refractivity contribution in [2.24, 2.45) is 0 Å². The number of para-hydroxylation sites is 1. The van der Waals surface area contributed by atoms with Gasteiger partial charge in [-0.3, -0.25) is 9.78 Å². The molecule has 6 nitrogen and oxygen atoms in total. The monoisotopic (exact) mass is 523 g/mol. The summed E-state index contributed by atoms with van der Waals surface area (Å²) in [5.41, 5.74) is 4.22. The number of amides is 1. The molecule has 1 saturated heterocycles. The van der Waals surface area contributed by atoms with Crippen LogP contribution in [0.2, 0.25) is 0 Å². The number of carbonyl (C=O) groups is 1. The lowest BCUT2D eigenvalue weighted by Crippen LogP contribution is -2.62.